The summed E-state index contributed by atoms with van der Waals surface area (Å²) in [5, 5.41) is 38.4. The number of phenolic OH excluding ortho intramolecular Hbond substituents is 4. The van der Waals surface area contributed by atoms with E-state index in [1.807, 2.05) is 0 Å². The highest BCUT2D eigenvalue weighted by molar-refractivity contribution is 5.86. The normalized spacial score (nSPS) is 10.9. The van der Waals surface area contributed by atoms with Gasteiger partial charge in [0.25, 0.3) is 0 Å². The van der Waals surface area contributed by atoms with Crippen LogP contribution in [-0.4, -0.2) is 20.4 Å². The maximum absolute atomic E-state index is 12.1. The highest BCUT2D eigenvalue weighted by atomic mass is 16.3. The molecule has 0 amide bonds. The van der Waals surface area contributed by atoms with Crippen LogP contribution >= 0.6 is 0 Å². The van der Waals surface area contributed by atoms with Crippen molar-refractivity contribution in [3.8, 4) is 34.3 Å². The predicted molar refractivity (Wildman–Crippen MR) is 74.6 cm³/mol. The average Bonchev–Trinajstić information content (AvgIpc) is 2.40. The lowest BCUT2D eigenvalue weighted by Gasteiger charge is -2.07. The van der Waals surface area contributed by atoms with Crippen molar-refractivity contribution in [3.63, 3.8) is 0 Å². The Balaban J connectivity index is 2.36. The highest BCUT2D eigenvalue weighted by Crippen LogP contribution is 2.37. The van der Waals surface area contributed by atoms with E-state index in [2.05, 4.69) is 0 Å². The molecule has 3 rings (SSSR count). The minimum atomic E-state index is -0.536. The molecule has 0 aliphatic heterocycles. The third-order valence-corrected chi connectivity index (χ3v) is 3.07. The van der Waals surface area contributed by atoms with Gasteiger partial charge in [0.2, 0.25) is 0 Å². The molecule has 1 heterocycles. The highest BCUT2D eigenvalue weighted by Gasteiger charge is 2.15. The lowest BCUT2D eigenvalue weighted by molar-refractivity contribution is 0.404. The van der Waals surface area contributed by atoms with Crippen LogP contribution in [0.5, 0.6) is 23.0 Å². The second kappa shape index (κ2) is 4.45. The van der Waals surface area contributed by atoms with Crippen molar-refractivity contribution in [2.24, 2.45) is 0 Å². The van der Waals surface area contributed by atoms with Gasteiger partial charge in [-0.15, -0.1) is 0 Å². The standard InChI is InChI=1S/C15H10O6/c16-7-4-10(18)14-11(19)6-12(21-13(14)5-7)8-2-1-3-9(17)15(8)20/h1-6,16-18,20H. The Morgan fingerprint density at radius 2 is 1.67 bits per heavy atom. The van der Waals surface area contributed by atoms with Crippen LogP contribution in [0.15, 0.2) is 45.6 Å². The zero-order valence-electron chi connectivity index (χ0n) is 10.6. The zero-order valence-corrected chi connectivity index (χ0v) is 10.6. The van der Waals surface area contributed by atoms with E-state index in [-0.39, 0.29) is 33.8 Å². The van der Waals surface area contributed by atoms with Crippen molar-refractivity contribution in [2.75, 3.05) is 0 Å². The van der Waals surface area contributed by atoms with Gasteiger partial charge in [0.05, 0.1) is 5.56 Å². The van der Waals surface area contributed by atoms with Gasteiger partial charge >= 0.3 is 0 Å². The van der Waals surface area contributed by atoms with E-state index in [9.17, 15) is 25.2 Å². The van der Waals surface area contributed by atoms with E-state index in [0.29, 0.717) is 0 Å². The number of fused-ring (bicyclic) bond motifs is 1. The first-order chi connectivity index (χ1) is 9.97. The van der Waals surface area contributed by atoms with Crippen molar-refractivity contribution < 1.29 is 24.8 Å². The molecule has 3 aromatic rings. The van der Waals surface area contributed by atoms with Gasteiger partial charge in [-0.25, -0.2) is 0 Å². The molecule has 0 fully saturated rings. The largest absolute Gasteiger partial charge is 0.508 e. The predicted octanol–water partition coefficient (Wildman–Crippen LogP) is 2.28. The van der Waals surface area contributed by atoms with Gasteiger partial charge in [-0.3, -0.25) is 4.79 Å². The maximum atomic E-state index is 12.1. The van der Waals surface area contributed by atoms with E-state index in [1.165, 1.54) is 24.3 Å². The third-order valence-electron chi connectivity index (χ3n) is 3.07. The molecule has 0 radical (unpaired) electrons. The average molecular weight is 286 g/mol. The Morgan fingerprint density at radius 1 is 0.905 bits per heavy atom. The van der Waals surface area contributed by atoms with Crippen molar-refractivity contribution in [2.45, 2.75) is 0 Å². The summed E-state index contributed by atoms with van der Waals surface area (Å²) in [6, 6.07) is 7.53. The first-order valence-electron chi connectivity index (χ1n) is 5.98. The summed E-state index contributed by atoms with van der Waals surface area (Å²) in [6.07, 6.45) is 0. The molecule has 4 N–H and O–H groups in total. The van der Waals surface area contributed by atoms with Gasteiger partial charge in [0.15, 0.2) is 16.9 Å². The van der Waals surface area contributed by atoms with Crippen LogP contribution in [0.25, 0.3) is 22.3 Å². The van der Waals surface area contributed by atoms with E-state index >= 15 is 0 Å². The molecule has 1 aromatic heterocycles. The minimum absolute atomic E-state index is 0.00546. The van der Waals surface area contributed by atoms with Gasteiger partial charge < -0.3 is 24.8 Å². The zero-order chi connectivity index (χ0) is 15.1. The van der Waals surface area contributed by atoms with Gasteiger partial charge in [-0.2, -0.15) is 0 Å². The molecule has 2 aromatic carbocycles. The van der Waals surface area contributed by atoms with E-state index in [4.69, 9.17) is 4.42 Å². The molecule has 21 heavy (non-hydrogen) atoms. The Kier molecular flexibility index (Phi) is 2.72. The van der Waals surface area contributed by atoms with E-state index < -0.39 is 16.9 Å². The number of hydrogen-bond donors (Lipinski definition) is 4. The van der Waals surface area contributed by atoms with E-state index in [0.717, 1.165) is 12.1 Å². The number of rotatable bonds is 1. The Bertz CT molecular complexity index is 910. The smallest absolute Gasteiger partial charge is 0.197 e. The summed E-state index contributed by atoms with van der Waals surface area (Å²) < 4.78 is 5.44. The molecule has 0 saturated heterocycles. The lowest BCUT2D eigenvalue weighted by atomic mass is 10.1. The fourth-order valence-corrected chi connectivity index (χ4v) is 2.12. The van der Waals surface area contributed by atoms with Gasteiger partial charge in [-0.1, -0.05) is 6.07 Å². The maximum Gasteiger partial charge on any atom is 0.197 e. The summed E-state index contributed by atoms with van der Waals surface area (Å²) in [6.45, 7) is 0. The molecular weight excluding hydrogens is 276 g/mol. The van der Waals surface area contributed by atoms with Crippen LogP contribution in [0, 0.1) is 0 Å². The molecule has 0 aliphatic rings. The van der Waals surface area contributed by atoms with Crippen LogP contribution in [0.2, 0.25) is 0 Å². The molecule has 0 atom stereocenters. The molecule has 0 bridgehead atoms. The van der Waals surface area contributed by atoms with Crippen LogP contribution in [-0.2, 0) is 0 Å². The van der Waals surface area contributed by atoms with E-state index in [1.54, 1.807) is 0 Å². The lowest BCUT2D eigenvalue weighted by Crippen LogP contribution is -2.00. The Labute approximate surface area is 117 Å². The molecule has 6 heteroatoms. The molecule has 6 nitrogen and oxygen atoms in total. The van der Waals surface area contributed by atoms with Gasteiger partial charge in [0, 0.05) is 18.2 Å². The van der Waals surface area contributed by atoms with Crippen molar-refractivity contribution in [1.82, 2.24) is 0 Å². The first-order valence-corrected chi connectivity index (χ1v) is 5.98. The molecule has 106 valence electrons. The number of hydrogen-bond acceptors (Lipinski definition) is 6. The number of para-hydroxylation sites is 1. The summed E-state index contributed by atoms with van der Waals surface area (Å²) in [5.74, 6) is -1.44. The molecule has 0 saturated carbocycles. The minimum Gasteiger partial charge on any atom is -0.508 e. The quantitative estimate of drug-likeness (QED) is 0.511. The Morgan fingerprint density at radius 3 is 2.43 bits per heavy atom. The van der Waals surface area contributed by atoms with Crippen molar-refractivity contribution >= 4 is 11.0 Å². The number of aromatic hydroxyl groups is 4. The second-order valence-electron chi connectivity index (χ2n) is 4.49. The number of phenols is 4. The summed E-state index contributed by atoms with van der Waals surface area (Å²) >= 11 is 0. The van der Waals surface area contributed by atoms with Crippen LogP contribution < -0.4 is 5.43 Å². The molecule has 0 unspecified atom stereocenters. The van der Waals surface area contributed by atoms with Crippen LogP contribution in [0.1, 0.15) is 0 Å². The van der Waals surface area contributed by atoms with Crippen LogP contribution in [0.4, 0.5) is 0 Å². The van der Waals surface area contributed by atoms with Crippen molar-refractivity contribution in [1.29, 1.82) is 0 Å². The summed E-state index contributed by atoms with van der Waals surface area (Å²) in [7, 11) is 0. The van der Waals surface area contributed by atoms with Gasteiger partial charge in [-0.05, 0) is 12.1 Å². The summed E-state index contributed by atoms with van der Waals surface area (Å²) in [5.41, 5.74) is -0.443. The first kappa shape index (κ1) is 12.9. The van der Waals surface area contributed by atoms with Crippen molar-refractivity contribution in [3.05, 3.63) is 46.6 Å². The second-order valence-corrected chi connectivity index (χ2v) is 4.49. The third kappa shape index (κ3) is 2.02. The fraction of sp³-hybridized carbons (Fsp3) is 0. The molecule has 0 spiro atoms. The fourth-order valence-electron chi connectivity index (χ4n) is 2.12. The summed E-state index contributed by atoms with van der Waals surface area (Å²) in [4.78, 5) is 12.1. The van der Waals surface area contributed by atoms with Crippen LogP contribution in [0.3, 0.4) is 0 Å². The monoisotopic (exact) mass is 286 g/mol. The number of benzene rings is 2. The molecular formula is C15H10O6. The molecule has 0 aliphatic carbocycles. The SMILES string of the molecule is O=c1cc(-c2cccc(O)c2O)oc2cc(O)cc(O)c12. The Hall–Kier alpha value is -3.15. The topological polar surface area (TPSA) is 111 Å². The van der Waals surface area contributed by atoms with Gasteiger partial charge in [0.1, 0.15) is 28.2 Å².